The lowest BCUT2D eigenvalue weighted by molar-refractivity contribution is -0.122. The molecule has 2 atom stereocenters. The molecule has 1 fully saturated rings. The summed E-state index contributed by atoms with van der Waals surface area (Å²) in [5.74, 6) is -0.0540. The summed E-state index contributed by atoms with van der Waals surface area (Å²) in [6.45, 7) is 0.528. The molecule has 82 valence electrons. The number of carbonyl (C=O) groups is 1. The SMILES string of the molecule is CS(C)(=O)=NC(=O)C1CCCC1CN. The van der Waals surface area contributed by atoms with E-state index in [-0.39, 0.29) is 17.7 Å². The van der Waals surface area contributed by atoms with E-state index in [0.717, 1.165) is 19.3 Å². The molecule has 0 heterocycles. The Morgan fingerprint density at radius 2 is 2.14 bits per heavy atom. The van der Waals surface area contributed by atoms with Crippen LogP contribution in [-0.2, 0) is 14.5 Å². The molecule has 0 aromatic carbocycles. The first-order chi connectivity index (χ1) is 6.44. The normalized spacial score (nSPS) is 27.6. The Labute approximate surface area is 85.4 Å². The molecule has 4 nitrogen and oxygen atoms in total. The molecule has 1 rings (SSSR count). The van der Waals surface area contributed by atoms with Gasteiger partial charge in [-0.15, -0.1) is 0 Å². The van der Waals surface area contributed by atoms with Crippen LogP contribution in [0.3, 0.4) is 0 Å². The average Bonchev–Trinajstić information content (AvgIpc) is 2.47. The molecular weight excluding hydrogens is 200 g/mol. The first-order valence-corrected chi connectivity index (χ1v) is 7.18. The summed E-state index contributed by atoms with van der Waals surface area (Å²) >= 11 is 0. The minimum Gasteiger partial charge on any atom is -0.330 e. The highest BCUT2D eigenvalue weighted by Gasteiger charge is 2.32. The van der Waals surface area contributed by atoms with E-state index in [9.17, 15) is 9.00 Å². The number of amides is 1. The molecule has 1 saturated carbocycles. The fraction of sp³-hybridized carbons (Fsp3) is 0.889. The van der Waals surface area contributed by atoms with E-state index >= 15 is 0 Å². The Hall–Kier alpha value is -0.420. The molecule has 0 saturated heterocycles. The summed E-state index contributed by atoms with van der Waals surface area (Å²) in [6.07, 6.45) is 5.84. The van der Waals surface area contributed by atoms with Crippen LogP contribution in [0.5, 0.6) is 0 Å². The number of rotatable bonds is 2. The lowest BCUT2D eigenvalue weighted by Crippen LogP contribution is -2.24. The van der Waals surface area contributed by atoms with E-state index in [4.69, 9.17) is 5.73 Å². The Kier molecular flexibility index (Phi) is 3.66. The van der Waals surface area contributed by atoms with E-state index in [0.29, 0.717) is 6.54 Å². The molecule has 0 aromatic heterocycles. The molecule has 0 aromatic rings. The van der Waals surface area contributed by atoms with Crippen molar-refractivity contribution in [3.05, 3.63) is 0 Å². The average molecular weight is 218 g/mol. The maximum absolute atomic E-state index is 11.6. The molecule has 0 radical (unpaired) electrons. The van der Waals surface area contributed by atoms with Crippen LogP contribution in [0.1, 0.15) is 19.3 Å². The fourth-order valence-electron chi connectivity index (χ4n) is 1.93. The predicted molar refractivity (Wildman–Crippen MR) is 57.3 cm³/mol. The van der Waals surface area contributed by atoms with Crippen molar-refractivity contribution in [3.8, 4) is 0 Å². The van der Waals surface area contributed by atoms with Gasteiger partial charge in [-0.1, -0.05) is 6.42 Å². The summed E-state index contributed by atoms with van der Waals surface area (Å²) in [4.78, 5) is 11.6. The van der Waals surface area contributed by atoms with Crippen molar-refractivity contribution in [2.75, 3.05) is 19.1 Å². The van der Waals surface area contributed by atoms with Crippen molar-refractivity contribution in [3.63, 3.8) is 0 Å². The standard InChI is InChI=1S/C9H18N2O2S/c1-14(2,13)11-9(12)8-5-3-4-7(8)6-10/h7-8H,3-6,10H2,1-2H3. The topological polar surface area (TPSA) is 72.5 Å². The Morgan fingerprint density at radius 1 is 1.50 bits per heavy atom. The highest BCUT2D eigenvalue weighted by atomic mass is 32.2. The quantitative estimate of drug-likeness (QED) is 0.738. The van der Waals surface area contributed by atoms with Crippen molar-refractivity contribution >= 4 is 15.6 Å². The molecule has 14 heavy (non-hydrogen) atoms. The number of carbonyl (C=O) groups excluding carboxylic acids is 1. The van der Waals surface area contributed by atoms with Crippen molar-refractivity contribution in [2.45, 2.75) is 19.3 Å². The molecule has 5 heteroatoms. The van der Waals surface area contributed by atoms with Gasteiger partial charge in [-0.05, 0) is 25.3 Å². The highest BCUT2D eigenvalue weighted by molar-refractivity contribution is 7.92. The van der Waals surface area contributed by atoms with Crippen LogP contribution in [0.4, 0.5) is 0 Å². The van der Waals surface area contributed by atoms with E-state index < -0.39 is 9.73 Å². The second-order valence-corrected chi connectivity index (χ2v) is 6.69. The van der Waals surface area contributed by atoms with E-state index in [1.54, 1.807) is 0 Å². The Morgan fingerprint density at radius 3 is 2.64 bits per heavy atom. The number of hydrogen-bond donors (Lipinski definition) is 1. The van der Waals surface area contributed by atoms with Crippen LogP contribution in [0.25, 0.3) is 0 Å². The highest BCUT2D eigenvalue weighted by Crippen LogP contribution is 2.31. The summed E-state index contributed by atoms with van der Waals surface area (Å²) in [6, 6.07) is 0. The van der Waals surface area contributed by atoms with E-state index in [2.05, 4.69) is 4.36 Å². The van der Waals surface area contributed by atoms with Gasteiger partial charge in [0.15, 0.2) is 0 Å². The van der Waals surface area contributed by atoms with Gasteiger partial charge in [0.2, 0.25) is 0 Å². The molecule has 0 bridgehead atoms. The van der Waals surface area contributed by atoms with Crippen molar-refractivity contribution in [1.82, 2.24) is 0 Å². The molecule has 1 aliphatic rings. The van der Waals surface area contributed by atoms with E-state index in [1.807, 2.05) is 0 Å². The lowest BCUT2D eigenvalue weighted by atomic mass is 9.96. The van der Waals surface area contributed by atoms with Crippen LogP contribution in [0, 0.1) is 11.8 Å². The Bertz CT molecular complexity index is 324. The molecule has 1 amide bonds. The van der Waals surface area contributed by atoms with Crippen LogP contribution < -0.4 is 5.73 Å². The molecule has 0 aliphatic heterocycles. The third-order valence-electron chi connectivity index (χ3n) is 2.59. The number of nitrogens with zero attached hydrogens (tertiary/aromatic N) is 1. The largest absolute Gasteiger partial charge is 0.330 e. The molecule has 1 aliphatic carbocycles. The second-order valence-electron chi connectivity index (χ2n) is 4.14. The zero-order chi connectivity index (χ0) is 10.8. The van der Waals surface area contributed by atoms with Gasteiger partial charge in [-0.3, -0.25) is 4.79 Å². The Balaban J connectivity index is 2.75. The monoisotopic (exact) mass is 218 g/mol. The maximum atomic E-state index is 11.6. The summed E-state index contributed by atoms with van der Waals surface area (Å²) in [7, 11) is -2.31. The van der Waals surface area contributed by atoms with Crippen molar-refractivity contribution in [2.24, 2.45) is 21.9 Å². The van der Waals surface area contributed by atoms with Crippen LogP contribution in [0.15, 0.2) is 4.36 Å². The fourth-order valence-corrected chi connectivity index (χ4v) is 2.50. The van der Waals surface area contributed by atoms with Gasteiger partial charge in [-0.25, -0.2) is 4.21 Å². The van der Waals surface area contributed by atoms with Gasteiger partial charge in [-0.2, -0.15) is 4.36 Å². The van der Waals surface area contributed by atoms with Crippen molar-refractivity contribution < 1.29 is 9.00 Å². The molecule has 2 unspecified atom stereocenters. The van der Waals surface area contributed by atoms with Crippen LogP contribution in [-0.4, -0.2) is 29.2 Å². The van der Waals surface area contributed by atoms with Gasteiger partial charge >= 0.3 is 0 Å². The third kappa shape index (κ3) is 3.06. The molecular formula is C9H18N2O2S. The first kappa shape index (κ1) is 11.7. The molecule has 2 N–H and O–H groups in total. The zero-order valence-corrected chi connectivity index (χ0v) is 9.55. The third-order valence-corrected chi connectivity index (χ3v) is 3.21. The first-order valence-electron chi connectivity index (χ1n) is 4.85. The van der Waals surface area contributed by atoms with Crippen molar-refractivity contribution in [1.29, 1.82) is 0 Å². The molecule has 0 spiro atoms. The summed E-state index contributed by atoms with van der Waals surface area (Å²) in [5.41, 5.74) is 5.56. The summed E-state index contributed by atoms with van der Waals surface area (Å²) in [5, 5.41) is 0. The number of nitrogens with two attached hydrogens (primary N) is 1. The van der Waals surface area contributed by atoms with E-state index in [1.165, 1.54) is 12.5 Å². The summed E-state index contributed by atoms with van der Waals surface area (Å²) < 4.78 is 15.1. The lowest BCUT2D eigenvalue weighted by Gasteiger charge is -2.13. The van der Waals surface area contributed by atoms with Gasteiger partial charge in [0.1, 0.15) is 0 Å². The maximum Gasteiger partial charge on any atom is 0.257 e. The minimum atomic E-state index is -2.31. The zero-order valence-electron chi connectivity index (χ0n) is 8.73. The smallest absolute Gasteiger partial charge is 0.257 e. The number of hydrogen-bond acceptors (Lipinski definition) is 3. The van der Waals surface area contributed by atoms with Gasteiger partial charge in [0.25, 0.3) is 5.91 Å². The van der Waals surface area contributed by atoms with Crippen LogP contribution >= 0.6 is 0 Å². The van der Waals surface area contributed by atoms with Gasteiger partial charge in [0.05, 0.1) is 0 Å². The van der Waals surface area contributed by atoms with Crippen LogP contribution in [0.2, 0.25) is 0 Å². The van der Waals surface area contributed by atoms with Gasteiger partial charge in [0, 0.05) is 28.2 Å². The predicted octanol–water partition coefficient (Wildman–Crippen LogP) is 0.616. The minimum absolute atomic E-state index is 0.0827. The van der Waals surface area contributed by atoms with Gasteiger partial charge < -0.3 is 5.73 Å². The second kappa shape index (κ2) is 4.40.